The summed E-state index contributed by atoms with van der Waals surface area (Å²) in [6, 6.07) is 1.52. The number of nitrogens with zero attached hydrogens (tertiary/aromatic N) is 4. The highest BCUT2D eigenvalue weighted by atomic mass is 35.5. The minimum atomic E-state index is -0.634. The number of carbonyl (C=O) groups is 2. The average Bonchev–Trinajstić information content (AvgIpc) is 3.42. The molecule has 1 saturated heterocycles. The average molecular weight is 504 g/mol. The molecule has 5 rings (SSSR count). The van der Waals surface area contributed by atoms with Crippen LogP contribution in [-0.4, -0.2) is 58.8 Å². The molecule has 4 heterocycles. The number of aromatic nitrogens is 3. The van der Waals surface area contributed by atoms with Crippen molar-refractivity contribution in [3.63, 3.8) is 0 Å². The van der Waals surface area contributed by atoms with Crippen LogP contribution in [0.4, 0.5) is 14.9 Å². The van der Waals surface area contributed by atoms with Gasteiger partial charge in [0.2, 0.25) is 0 Å². The predicted octanol–water partition coefficient (Wildman–Crippen LogP) is 3.46. The van der Waals surface area contributed by atoms with E-state index in [-0.39, 0.29) is 10.8 Å². The first-order chi connectivity index (χ1) is 16.4. The number of ether oxygens (including phenoxy) is 2. The molecule has 34 heavy (non-hydrogen) atoms. The molecule has 0 aliphatic carbocycles. The van der Waals surface area contributed by atoms with Crippen molar-refractivity contribution in [1.29, 1.82) is 0 Å². The van der Waals surface area contributed by atoms with E-state index in [1.54, 1.807) is 30.3 Å². The maximum atomic E-state index is 14.0. The Labute approximate surface area is 202 Å². The number of benzene rings is 1. The Morgan fingerprint density at radius 3 is 2.85 bits per heavy atom. The summed E-state index contributed by atoms with van der Waals surface area (Å²) in [5.74, 6) is -0.955. The number of hydrogen-bond acceptors (Lipinski definition) is 7. The normalized spacial score (nSPS) is 19.9. The maximum absolute atomic E-state index is 14.0. The van der Waals surface area contributed by atoms with Gasteiger partial charge < -0.3 is 14.8 Å². The summed E-state index contributed by atoms with van der Waals surface area (Å²) >= 11 is 7.52. The van der Waals surface area contributed by atoms with Crippen LogP contribution in [0.5, 0.6) is 5.75 Å². The summed E-state index contributed by atoms with van der Waals surface area (Å²) in [6.07, 6.45) is 6.61. The van der Waals surface area contributed by atoms with Gasteiger partial charge in [-0.15, -0.1) is 11.8 Å². The van der Waals surface area contributed by atoms with Crippen molar-refractivity contribution in [3.05, 3.63) is 53.2 Å². The van der Waals surface area contributed by atoms with Gasteiger partial charge in [0.1, 0.15) is 16.5 Å². The van der Waals surface area contributed by atoms with E-state index < -0.39 is 29.0 Å². The van der Waals surface area contributed by atoms with Crippen LogP contribution in [0.25, 0.3) is 15.8 Å². The summed E-state index contributed by atoms with van der Waals surface area (Å²) in [7, 11) is 2.96. The fourth-order valence-electron chi connectivity index (χ4n) is 3.95. The fourth-order valence-corrected chi connectivity index (χ4v) is 5.56. The van der Waals surface area contributed by atoms with E-state index in [4.69, 9.17) is 21.1 Å². The van der Waals surface area contributed by atoms with Gasteiger partial charge in [-0.25, -0.2) is 14.1 Å². The van der Waals surface area contributed by atoms with Gasteiger partial charge >= 0.3 is 6.03 Å². The van der Waals surface area contributed by atoms with Crippen LogP contribution < -0.4 is 15.0 Å². The summed E-state index contributed by atoms with van der Waals surface area (Å²) in [4.78, 5) is 32.4. The van der Waals surface area contributed by atoms with E-state index in [0.717, 1.165) is 11.0 Å². The SMILES string of the molecule is COCCn1cc2cncc(N3C(=O)NC4C=C(c5cc(OC)c(F)cc5Cl)SC4C3=O)c2n1. The number of amides is 3. The van der Waals surface area contributed by atoms with Crippen LogP contribution in [0, 0.1) is 5.82 Å². The standard InChI is InChI=1S/C22H19ClFN5O4S/c1-32-4-3-28-10-11-8-25-9-16(19(11)27-28)29-21(30)20-15(26-22(29)31)7-18(34-20)12-5-17(33-2)14(24)6-13(12)23/h5-10,15,20H,3-4H2,1-2H3,(H,26,31). The molecule has 2 unspecified atom stereocenters. The number of carbonyl (C=O) groups excluding carboxylic acids is 2. The van der Waals surface area contributed by atoms with Gasteiger partial charge in [0.05, 0.1) is 37.5 Å². The molecule has 1 N–H and O–H groups in total. The minimum Gasteiger partial charge on any atom is -0.494 e. The van der Waals surface area contributed by atoms with Crippen LogP contribution in [0.2, 0.25) is 5.02 Å². The zero-order valence-electron chi connectivity index (χ0n) is 18.1. The smallest absolute Gasteiger partial charge is 0.329 e. The topological polar surface area (TPSA) is 98.6 Å². The zero-order chi connectivity index (χ0) is 24.0. The first-order valence-electron chi connectivity index (χ1n) is 10.3. The van der Waals surface area contributed by atoms with Crippen LogP contribution >= 0.6 is 23.4 Å². The Morgan fingerprint density at radius 1 is 1.26 bits per heavy atom. The highest BCUT2D eigenvalue weighted by Crippen LogP contribution is 2.45. The number of nitrogens with one attached hydrogen (secondary N) is 1. The molecule has 2 aliphatic rings. The predicted molar refractivity (Wildman–Crippen MR) is 127 cm³/mol. The van der Waals surface area contributed by atoms with Gasteiger partial charge in [0.25, 0.3) is 5.91 Å². The third-order valence-electron chi connectivity index (χ3n) is 5.58. The Balaban J connectivity index is 1.46. The molecule has 9 nitrogen and oxygen atoms in total. The monoisotopic (exact) mass is 503 g/mol. The summed E-state index contributed by atoms with van der Waals surface area (Å²) in [5, 5.41) is 7.62. The van der Waals surface area contributed by atoms with Crippen molar-refractivity contribution < 1.29 is 23.5 Å². The lowest BCUT2D eigenvalue weighted by molar-refractivity contribution is -0.118. The van der Waals surface area contributed by atoms with Crippen molar-refractivity contribution in [1.82, 2.24) is 20.1 Å². The van der Waals surface area contributed by atoms with E-state index in [9.17, 15) is 14.0 Å². The van der Waals surface area contributed by atoms with Crippen molar-refractivity contribution in [2.75, 3.05) is 25.7 Å². The molecule has 2 aromatic heterocycles. The van der Waals surface area contributed by atoms with E-state index >= 15 is 0 Å². The summed E-state index contributed by atoms with van der Waals surface area (Å²) in [6.45, 7) is 0.978. The lowest BCUT2D eigenvalue weighted by atomic mass is 10.1. The molecule has 1 aromatic carbocycles. The molecule has 3 aromatic rings. The first-order valence-corrected chi connectivity index (χ1v) is 11.5. The first kappa shape index (κ1) is 22.6. The second-order valence-corrected chi connectivity index (χ2v) is 9.26. The zero-order valence-corrected chi connectivity index (χ0v) is 19.7. The third kappa shape index (κ3) is 3.79. The van der Waals surface area contributed by atoms with E-state index in [2.05, 4.69) is 15.4 Å². The van der Waals surface area contributed by atoms with Gasteiger partial charge in [-0.2, -0.15) is 5.10 Å². The maximum Gasteiger partial charge on any atom is 0.329 e. The molecule has 12 heteroatoms. The lowest BCUT2D eigenvalue weighted by Crippen LogP contribution is -2.60. The quantitative estimate of drug-likeness (QED) is 0.550. The van der Waals surface area contributed by atoms with Gasteiger partial charge in [-0.05, 0) is 18.2 Å². The number of fused-ring (bicyclic) bond motifs is 2. The molecule has 176 valence electrons. The summed E-state index contributed by atoms with van der Waals surface area (Å²) in [5.41, 5.74) is 1.30. The number of halogens is 2. The largest absolute Gasteiger partial charge is 0.494 e. The summed E-state index contributed by atoms with van der Waals surface area (Å²) < 4.78 is 25.8. The van der Waals surface area contributed by atoms with Gasteiger partial charge in [0.15, 0.2) is 11.6 Å². The molecular formula is C22H19ClFN5O4S. The second-order valence-electron chi connectivity index (χ2n) is 7.67. The van der Waals surface area contributed by atoms with Crippen LogP contribution in [0.15, 0.2) is 36.8 Å². The lowest BCUT2D eigenvalue weighted by Gasteiger charge is -2.32. The van der Waals surface area contributed by atoms with Crippen LogP contribution in [0.1, 0.15) is 5.56 Å². The van der Waals surface area contributed by atoms with E-state index in [0.29, 0.717) is 40.2 Å². The second kappa shape index (κ2) is 8.90. The molecule has 0 radical (unpaired) electrons. The highest BCUT2D eigenvalue weighted by Gasteiger charge is 2.46. The molecule has 0 spiro atoms. The highest BCUT2D eigenvalue weighted by molar-refractivity contribution is 8.09. The fraction of sp³-hybridized carbons (Fsp3) is 0.273. The number of pyridine rings is 1. The minimum absolute atomic E-state index is 0.0366. The number of thioether (sulfide) groups is 1. The van der Waals surface area contributed by atoms with Gasteiger partial charge in [0, 0.05) is 35.4 Å². The Bertz CT molecular complexity index is 1350. The Kier molecular flexibility index (Phi) is 5.92. The Hall–Kier alpha value is -3.15. The van der Waals surface area contributed by atoms with Crippen LogP contribution in [-0.2, 0) is 16.1 Å². The number of anilines is 1. The molecular weight excluding hydrogens is 485 g/mol. The number of methoxy groups -OCH3 is 2. The number of imide groups is 1. The molecule has 2 atom stereocenters. The molecule has 1 fully saturated rings. The number of rotatable bonds is 6. The van der Waals surface area contributed by atoms with Crippen molar-refractivity contribution in [2.24, 2.45) is 0 Å². The third-order valence-corrected chi connectivity index (χ3v) is 7.25. The molecule has 3 amide bonds. The van der Waals surface area contributed by atoms with Crippen LogP contribution in [0.3, 0.4) is 0 Å². The molecule has 0 bridgehead atoms. The Morgan fingerprint density at radius 2 is 2.09 bits per heavy atom. The number of urea groups is 1. The van der Waals surface area contributed by atoms with Crippen molar-refractivity contribution in [2.45, 2.75) is 17.8 Å². The van der Waals surface area contributed by atoms with Gasteiger partial charge in [-0.3, -0.25) is 14.5 Å². The van der Waals surface area contributed by atoms with Crippen molar-refractivity contribution >= 4 is 56.8 Å². The van der Waals surface area contributed by atoms with E-state index in [1.807, 2.05) is 0 Å². The van der Waals surface area contributed by atoms with Gasteiger partial charge in [-0.1, -0.05) is 11.6 Å². The van der Waals surface area contributed by atoms with Crippen molar-refractivity contribution in [3.8, 4) is 5.75 Å². The van der Waals surface area contributed by atoms with E-state index in [1.165, 1.54) is 31.1 Å². The molecule has 0 saturated carbocycles. The molecule has 2 aliphatic heterocycles. The number of hydrogen-bond donors (Lipinski definition) is 1.